The molecule has 1 aromatic carbocycles. The molecule has 1 unspecified atom stereocenters. The van der Waals surface area contributed by atoms with E-state index in [1.54, 1.807) is 22.5 Å². The van der Waals surface area contributed by atoms with Crippen LogP contribution in [0.5, 0.6) is 0 Å². The molecule has 2 fully saturated rings. The number of benzene rings is 1. The van der Waals surface area contributed by atoms with Crippen LogP contribution in [0.3, 0.4) is 0 Å². The molecule has 1 atom stereocenters. The molecule has 1 N–H and O–H groups in total. The molecule has 2 aliphatic rings. The summed E-state index contributed by atoms with van der Waals surface area (Å²) in [5.74, 6) is 0.199. The van der Waals surface area contributed by atoms with Crippen LogP contribution in [0.15, 0.2) is 29.2 Å². The van der Waals surface area contributed by atoms with Crippen molar-refractivity contribution in [1.82, 2.24) is 4.31 Å². The van der Waals surface area contributed by atoms with Crippen LogP contribution >= 0.6 is 0 Å². The molecule has 0 aromatic heterocycles. The van der Waals surface area contributed by atoms with Gasteiger partial charge >= 0.3 is 5.97 Å². The van der Waals surface area contributed by atoms with Crippen molar-refractivity contribution in [2.24, 2.45) is 11.8 Å². The van der Waals surface area contributed by atoms with Gasteiger partial charge in [0.1, 0.15) is 0 Å². The van der Waals surface area contributed by atoms with Gasteiger partial charge in [-0.1, -0.05) is 37.8 Å². The maximum absolute atomic E-state index is 12.8. The Kier molecular flexibility index (Phi) is 4.73. The zero-order valence-corrected chi connectivity index (χ0v) is 14.0. The Bertz CT molecular complexity index is 680. The maximum Gasteiger partial charge on any atom is 0.307 e. The van der Waals surface area contributed by atoms with Crippen LogP contribution in [0, 0.1) is 11.8 Å². The van der Waals surface area contributed by atoms with Crippen molar-refractivity contribution in [3.8, 4) is 0 Å². The Morgan fingerprint density at radius 2 is 1.91 bits per heavy atom. The topological polar surface area (TPSA) is 74.7 Å². The van der Waals surface area contributed by atoms with Gasteiger partial charge in [-0.2, -0.15) is 4.31 Å². The van der Waals surface area contributed by atoms with E-state index in [9.17, 15) is 13.2 Å². The number of hydrogen-bond donors (Lipinski definition) is 1. The van der Waals surface area contributed by atoms with E-state index in [-0.39, 0.29) is 11.3 Å². The summed E-state index contributed by atoms with van der Waals surface area (Å²) in [6.07, 6.45) is 5.78. The number of nitrogens with zero attached hydrogens (tertiary/aromatic N) is 1. The zero-order valence-electron chi connectivity index (χ0n) is 13.1. The van der Waals surface area contributed by atoms with Gasteiger partial charge in [-0.15, -0.1) is 0 Å². The SMILES string of the molecule is O=C(O)Cc1cccc(S(=O)(=O)N2CCC(C3CCCC3)C2)c1. The van der Waals surface area contributed by atoms with Gasteiger partial charge in [0.15, 0.2) is 0 Å². The molecule has 1 aliphatic carbocycles. The Hall–Kier alpha value is -1.40. The number of rotatable bonds is 5. The Labute approximate surface area is 137 Å². The van der Waals surface area contributed by atoms with E-state index in [0.717, 1.165) is 6.42 Å². The first kappa shape index (κ1) is 16.5. The highest BCUT2D eigenvalue weighted by Crippen LogP contribution is 2.37. The van der Waals surface area contributed by atoms with Crippen molar-refractivity contribution in [2.45, 2.75) is 43.4 Å². The largest absolute Gasteiger partial charge is 0.481 e. The Balaban J connectivity index is 1.75. The lowest BCUT2D eigenvalue weighted by atomic mass is 9.90. The second kappa shape index (κ2) is 6.61. The Morgan fingerprint density at radius 1 is 1.17 bits per heavy atom. The number of carboxylic acids is 1. The van der Waals surface area contributed by atoms with E-state index in [1.165, 1.54) is 31.7 Å². The van der Waals surface area contributed by atoms with Crippen molar-refractivity contribution in [2.75, 3.05) is 13.1 Å². The van der Waals surface area contributed by atoms with Crippen molar-refractivity contribution in [3.63, 3.8) is 0 Å². The first-order valence-electron chi connectivity index (χ1n) is 8.28. The van der Waals surface area contributed by atoms with E-state index >= 15 is 0 Å². The molecular formula is C17H23NO4S. The third-order valence-electron chi connectivity index (χ3n) is 5.15. The van der Waals surface area contributed by atoms with Crippen LogP contribution in [-0.2, 0) is 21.2 Å². The van der Waals surface area contributed by atoms with Gasteiger partial charge in [0.05, 0.1) is 11.3 Å². The predicted octanol–water partition coefficient (Wildman–Crippen LogP) is 2.51. The summed E-state index contributed by atoms with van der Waals surface area (Å²) in [5.41, 5.74) is 0.519. The van der Waals surface area contributed by atoms with Crippen molar-refractivity contribution < 1.29 is 18.3 Å². The zero-order chi connectivity index (χ0) is 16.4. The second-order valence-corrected chi connectivity index (χ2v) is 8.61. The van der Waals surface area contributed by atoms with E-state index < -0.39 is 16.0 Å². The molecule has 3 rings (SSSR count). The highest BCUT2D eigenvalue weighted by atomic mass is 32.2. The molecule has 1 saturated heterocycles. The average molecular weight is 337 g/mol. The van der Waals surface area contributed by atoms with Crippen molar-refractivity contribution in [1.29, 1.82) is 0 Å². The number of sulfonamides is 1. The van der Waals surface area contributed by atoms with Crippen LogP contribution < -0.4 is 0 Å². The Morgan fingerprint density at radius 3 is 2.61 bits per heavy atom. The number of hydrogen-bond acceptors (Lipinski definition) is 3. The lowest BCUT2D eigenvalue weighted by molar-refractivity contribution is -0.136. The van der Waals surface area contributed by atoms with Gasteiger partial charge in [0.25, 0.3) is 0 Å². The predicted molar refractivity (Wildman–Crippen MR) is 86.6 cm³/mol. The molecule has 0 radical (unpaired) electrons. The molecule has 1 heterocycles. The van der Waals surface area contributed by atoms with Gasteiger partial charge in [0.2, 0.25) is 10.0 Å². The number of aliphatic carboxylic acids is 1. The quantitative estimate of drug-likeness (QED) is 0.896. The van der Waals surface area contributed by atoms with Gasteiger partial charge in [0, 0.05) is 13.1 Å². The molecule has 1 saturated carbocycles. The van der Waals surface area contributed by atoms with Gasteiger partial charge in [-0.25, -0.2) is 8.42 Å². The highest BCUT2D eigenvalue weighted by molar-refractivity contribution is 7.89. The van der Waals surface area contributed by atoms with E-state index in [1.807, 2.05) is 0 Å². The third-order valence-corrected chi connectivity index (χ3v) is 7.01. The third kappa shape index (κ3) is 3.58. The molecule has 0 amide bonds. The van der Waals surface area contributed by atoms with Gasteiger partial charge in [-0.05, 0) is 36.0 Å². The summed E-state index contributed by atoms with van der Waals surface area (Å²) in [5, 5.41) is 8.87. The lowest BCUT2D eigenvalue weighted by Gasteiger charge is -2.20. The highest BCUT2D eigenvalue weighted by Gasteiger charge is 2.36. The summed E-state index contributed by atoms with van der Waals surface area (Å²) >= 11 is 0. The number of carbonyl (C=O) groups is 1. The number of carboxylic acid groups (broad SMARTS) is 1. The fourth-order valence-electron chi connectivity index (χ4n) is 3.93. The average Bonchev–Trinajstić information content (AvgIpc) is 3.18. The van der Waals surface area contributed by atoms with Crippen LogP contribution in [0.25, 0.3) is 0 Å². The first-order chi connectivity index (χ1) is 11.0. The molecule has 126 valence electrons. The van der Waals surface area contributed by atoms with Crippen molar-refractivity contribution in [3.05, 3.63) is 29.8 Å². The van der Waals surface area contributed by atoms with Crippen LogP contribution in [0.1, 0.15) is 37.7 Å². The summed E-state index contributed by atoms with van der Waals surface area (Å²) in [7, 11) is -3.52. The molecule has 1 aliphatic heterocycles. The molecule has 23 heavy (non-hydrogen) atoms. The standard InChI is InChI=1S/C17H23NO4S/c19-17(20)11-13-4-3-7-16(10-13)23(21,22)18-9-8-15(12-18)14-5-1-2-6-14/h3-4,7,10,14-15H,1-2,5-6,8-9,11-12H2,(H,19,20). The van der Waals surface area contributed by atoms with Gasteiger partial charge in [-0.3, -0.25) is 4.79 Å². The summed E-state index contributed by atoms with van der Waals surface area (Å²) in [6.45, 7) is 1.18. The van der Waals surface area contributed by atoms with E-state index in [4.69, 9.17) is 5.11 Å². The minimum Gasteiger partial charge on any atom is -0.481 e. The second-order valence-electron chi connectivity index (χ2n) is 6.67. The molecule has 1 aromatic rings. The minimum atomic E-state index is -3.52. The molecule has 0 bridgehead atoms. The van der Waals surface area contributed by atoms with Gasteiger partial charge < -0.3 is 5.11 Å². The van der Waals surface area contributed by atoms with Crippen LogP contribution in [0.4, 0.5) is 0 Å². The smallest absolute Gasteiger partial charge is 0.307 e. The summed E-state index contributed by atoms with van der Waals surface area (Å²) in [4.78, 5) is 11.0. The van der Waals surface area contributed by atoms with E-state index in [2.05, 4.69) is 0 Å². The molecule has 0 spiro atoms. The molecule has 6 heteroatoms. The normalized spacial score (nSPS) is 23.4. The fraction of sp³-hybridized carbons (Fsp3) is 0.588. The molecular weight excluding hydrogens is 314 g/mol. The maximum atomic E-state index is 12.8. The molecule has 5 nitrogen and oxygen atoms in total. The van der Waals surface area contributed by atoms with E-state index in [0.29, 0.717) is 30.5 Å². The summed E-state index contributed by atoms with van der Waals surface area (Å²) in [6, 6.07) is 6.32. The lowest BCUT2D eigenvalue weighted by Crippen LogP contribution is -2.29. The van der Waals surface area contributed by atoms with Crippen molar-refractivity contribution >= 4 is 16.0 Å². The summed E-state index contributed by atoms with van der Waals surface area (Å²) < 4.78 is 27.2. The van der Waals surface area contributed by atoms with Crippen LogP contribution in [0.2, 0.25) is 0 Å². The van der Waals surface area contributed by atoms with Crippen LogP contribution in [-0.4, -0.2) is 36.9 Å². The fourth-order valence-corrected chi connectivity index (χ4v) is 5.51. The first-order valence-corrected chi connectivity index (χ1v) is 9.72. The minimum absolute atomic E-state index is 0.159. The monoisotopic (exact) mass is 337 g/mol.